The van der Waals surface area contributed by atoms with E-state index in [1.54, 1.807) is 47.0 Å². The lowest BCUT2D eigenvalue weighted by Gasteiger charge is -2.35. The van der Waals surface area contributed by atoms with Gasteiger partial charge in [-0.1, -0.05) is 47.6 Å². The van der Waals surface area contributed by atoms with Crippen LogP contribution >= 0.6 is 23.4 Å². The van der Waals surface area contributed by atoms with Crippen LogP contribution in [0.2, 0.25) is 5.02 Å². The van der Waals surface area contributed by atoms with E-state index >= 15 is 0 Å². The van der Waals surface area contributed by atoms with Crippen molar-refractivity contribution in [1.82, 2.24) is 9.21 Å². The number of hydrogen-bond donors (Lipinski definition) is 0. The predicted molar refractivity (Wildman–Crippen MR) is 130 cm³/mol. The van der Waals surface area contributed by atoms with Crippen molar-refractivity contribution in [2.45, 2.75) is 31.1 Å². The molecule has 2 aromatic rings. The zero-order valence-electron chi connectivity index (χ0n) is 17.9. The van der Waals surface area contributed by atoms with Gasteiger partial charge in [0.05, 0.1) is 10.6 Å². The van der Waals surface area contributed by atoms with E-state index in [4.69, 9.17) is 16.6 Å². The third kappa shape index (κ3) is 5.03. The maximum atomic E-state index is 13.3. The SMILES string of the molecule is Cc1ccc(N=C2SCCCN2C(=O)C2CCN(S(=O)(=O)c3ccccc3)CC2)cc1Cl. The topological polar surface area (TPSA) is 70.1 Å². The molecule has 9 heteroatoms. The number of amides is 1. The lowest BCUT2D eigenvalue weighted by molar-refractivity contribution is -0.132. The summed E-state index contributed by atoms with van der Waals surface area (Å²) in [5.41, 5.74) is 1.71. The van der Waals surface area contributed by atoms with E-state index in [0.717, 1.165) is 23.4 Å². The monoisotopic (exact) mass is 491 g/mol. The molecule has 0 saturated carbocycles. The third-order valence-electron chi connectivity index (χ3n) is 5.82. The minimum atomic E-state index is -3.53. The molecule has 0 atom stereocenters. The van der Waals surface area contributed by atoms with Crippen LogP contribution in [0, 0.1) is 12.8 Å². The Morgan fingerprint density at radius 2 is 1.81 bits per heavy atom. The maximum absolute atomic E-state index is 13.3. The predicted octanol–water partition coefficient (Wildman–Crippen LogP) is 4.70. The van der Waals surface area contributed by atoms with Gasteiger partial charge in [0, 0.05) is 36.3 Å². The van der Waals surface area contributed by atoms with Crippen molar-refractivity contribution >= 4 is 50.1 Å². The van der Waals surface area contributed by atoms with Crippen LogP contribution < -0.4 is 0 Å². The van der Waals surface area contributed by atoms with Crippen LogP contribution in [0.1, 0.15) is 24.8 Å². The van der Waals surface area contributed by atoms with E-state index in [-0.39, 0.29) is 11.8 Å². The minimum absolute atomic E-state index is 0.0333. The number of thioether (sulfide) groups is 1. The lowest BCUT2D eigenvalue weighted by atomic mass is 9.96. The van der Waals surface area contributed by atoms with Crippen LogP contribution in [0.5, 0.6) is 0 Å². The molecule has 2 heterocycles. The summed E-state index contributed by atoms with van der Waals surface area (Å²) in [7, 11) is -3.53. The van der Waals surface area contributed by atoms with E-state index in [1.807, 2.05) is 25.1 Å². The van der Waals surface area contributed by atoms with Gasteiger partial charge in [-0.25, -0.2) is 13.4 Å². The molecule has 2 fully saturated rings. The zero-order chi connectivity index (χ0) is 22.7. The molecule has 170 valence electrons. The third-order valence-corrected chi connectivity index (χ3v) is 9.20. The molecular formula is C23H26ClN3O3S2. The van der Waals surface area contributed by atoms with Crippen LogP contribution in [0.25, 0.3) is 0 Å². The first kappa shape index (κ1) is 23.3. The number of benzene rings is 2. The Morgan fingerprint density at radius 1 is 1.09 bits per heavy atom. The van der Waals surface area contributed by atoms with E-state index in [2.05, 4.69) is 0 Å². The highest BCUT2D eigenvalue weighted by molar-refractivity contribution is 8.13. The summed E-state index contributed by atoms with van der Waals surface area (Å²) in [5.74, 6) is 0.740. The quantitative estimate of drug-likeness (QED) is 0.621. The first-order chi connectivity index (χ1) is 15.4. The Hall–Kier alpha value is -1.87. The molecule has 0 N–H and O–H groups in total. The second-order valence-corrected chi connectivity index (χ2v) is 11.4. The van der Waals surface area contributed by atoms with Crippen LogP contribution in [-0.2, 0) is 14.8 Å². The van der Waals surface area contributed by atoms with E-state index in [1.165, 1.54) is 4.31 Å². The largest absolute Gasteiger partial charge is 0.291 e. The highest BCUT2D eigenvalue weighted by Crippen LogP contribution is 2.30. The van der Waals surface area contributed by atoms with Gasteiger partial charge in [-0.15, -0.1) is 0 Å². The molecule has 0 bridgehead atoms. The van der Waals surface area contributed by atoms with Crippen LogP contribution in [0.3, 0.4) is 0 Å². The number of aliphatic imine (C=N–C) groups is 1. The molecule has 0 aliphatic carbocycles. The summed E-state index contributed by atoms with van der Waals surface area (Å²) in [6.45, 7) is 3.25. The first-order valence-electron chi connectivity index (χ1n) is 10.7. The molecule has 0 unspecified atom stereocenters. The standard InChI is InChI=1S/C23H26ClN3O3S2/c1-17-8-9-19(16-21(17)24)25-23-27(12-5-15-31-23)22(28)18-10-13-26(14-11-18)32(29,30)20-6-3-2-4-7-20/h2-4,6-9,16,18H,5,10-15H2,1H3. The molecule has 4 rings (SSSR count). The van der Waals surface area contributed by atoms with Gasteiger partial charge in [-0.05, 0) is 56.0 Å². The summed E-state index contributed by atoms with van der Waals surface area (Å²) in [6.07, 6.45) is 1.93. The molecule has 2 aliphatic heterocycles. The molecule has 1 amide bonds. The summed E-state index contributed by atoms with van der Waals surface area (Å²) in [6, 6.07) is 14.1. The van der Waals surface area contributed by atoms with Crippen molar-refractivity contribution < 1.29 is 13.2 Å². The number of carbonyl (C=O) groups excluding carboxylic acids is 1. The summed E-state index contributed by atoms with van der Waals surface area (Å²) >= 11 is 7.81. The number of halogens is 1. The summed E-state index contributed by atoms with van der Waals surface area (Å²) in [4.78, 5) is 20.1. The van der Waals surface area contributed by atoms with Gasteiger partial charge in [0.15, 0.2) is 5.17 Å². The number of rotatable bonds is 4. The van der Waals surface area contributed by atoms with Crippen molar-refractivity contribution in [3.8, 4) is 0 Å². The van der Waals surface area contributed by atoms with Crippen LogP contribution in [0.4, 0.5) is 5.69 Å². The van der Waals surface area contributed by atoms with Crippen molar-refractivity contribution in [3.63, 3.8) is 0 Å². The fourth-order valence-corrected chi connectivity index (χ4v) is 6.55. The summed E-state index contributed by atoms with van der Waals surface area (Å²) in [5, 5.41) is 1.35. The Kier molecular flexibility index (Phi) is 7.24. The van der Waals surface area contributed by atoms with Gasteiger partial charge in [-0.2, -0.15) is 4.31 Å². The number of hydrogen-bond acceptors (Lipinski definition) is 5. The number of carbonyl (C=O) groups is 1. The average Bonchev–Trinajstić information content (AvgIpc) is 2.82. The van der Waals surface area contributed by atoms with E-state index in [0.29, 0.717) is 47.6 Å². The van der Waals surface area contributed by atoms with E-state index in [9.17, 15) is 13.2 Å². The van der Waals surface area contributed by atoms with Gasteiger partial charge < -0.3 is 0 Å². The number of sulfonamides is 1. The van der Waals surface area contributed by atoms with Crippen molar-refractivity contribution in [2.75, 3.05) is 25.4 Å². The number of aryl methyl sites for hydroxylation is 1. The minimum Gasteiger partial charge on any atom is -0.291 e. The smallest absolute Gasteiger partial charge is 0.243 e. The van der Waals surface area contributed by atoms with Crippen molar-refractivity contribution in [2.24, 2.45) is 10.9 Å². The molecule has 0 aromatic heterocycles. The van der Waals surface area contributed by atoms with Gasteiger partial charge in [0.2, 0.25) is 15.9 Å². The number of piperidine rings is 1. The van der Waals surface area contributed by atoms with E-state index < -0.39 is 10.0 Å². The zero-order valence-corrected chi connectivity index (χ0v) is 20.3. The molecule has 0 radical (unpaired) electrons. The molecule has 2 aromatic carbocycles. The fraction of sp³-hybridized carbons (Fsp3) is 0.391. The number of nitrogens with zero attached hydrogens (tertiary/aromatic N) is 3. The second kappa shape index (κ2) is 9.95. The van der Waals surface area contributed by atoms with Gasteiger partial charge >= 0.3 is 0 Å². The Bertz CT molecular complexity index is 1110. The van der Waals surface area contributed by atoms with Gasteiger partial charge in [0.25, 0.3) is 0 Å². The average molecular weight is 492 g/mol. The van der Waals surface area contributed by atoms with Gasteiger partial charge in [-0.3, -0.25) is 9.69 Å². The highest BCUT2D eigenvalue weighted by atomic mass is 35.5. The van der Waals surface area contributed by atoms with Crippen LogP contribution in [0.15, 0.2) is 58.4 Å². The first-order valence-corrected chi connectivity index (χ1v) is 13.5. The van der Waals surface area contributed by atoms with Crippen molar-refractivity contribution in [3.05, 3.63) is 59.1 Å². The molecule has 6 nitrogen and oxygen atoms in total. The molecule has 0 spiro atoms. The van der Waals surface area contributed by atoms with Gasteiger partial charge in [0.1, 0.15) is 0 Å². The Labute approximate surface area is 198 Å². The Morgan fingerprint density at radius 3 is 2.50 bits per heavy atom. The number of amidine groups is 1. The highest BCUT2D eigenvalue weighted by Gasteiger charge is 2.35. The summed E-state index contributed by atoms with van der Waals surface area (Å²) < 4.78 is 27.2. The lowest BCUT2D eigenvalue weighted by Crippen LogP contribution is -2.47. The maximum Gasteiger partial charge on any atom is 0.243 e. The normalized spacial score (nSPS) is 19.9. The fourth-order valence-electron chi connectivity index (χ4n) is 3.92. The van der Waals surface area contributed by atoms with Crippen molar-refractivity contribution in [1.29, 1.82) is 0 Å². The Balaban J connectivity index is 1.45. The molecular weight excluding hydrogens is 466 g/mol. The molecule has 2 aliphatic rings. The molecule has 2 saturated heterocycles. The van der Waals surface area contributed by atoms with Crippen LogP contribution in [-0.4, -0.2) is 54.1 Å². The molecule has 32 heavy (non-hydrogen) atoms. The second-order valence-electron chi connectivity index (χ2n) is 8.01.